The summed E-state index contributed by atoms with van der Waals surface area (Å²) in [6.45, 7) is 0. The van der Waals surface area contributed by atoms with Crippen LogP contribution in [-0.4, -0.2) is 19.5 Å². The van der Waals surface area contributed by atoms with Gasteiger partial charge in [-0.1, -0.05) is 78.9 Å². The van der Waals surface area contributed by atoms with Crippen molar-refractivity contribution in [2.45, 2.75) is 0 Å². The van der Waals surface area contributed by atoms with Crippen LogP contribution in [0.1, 0.15) is 0 Å². The van der Waals surface area contributed by atoms with Gasteiger partial charge in [-0.3, -0.25) is 9.55 Å². The molecular formula is C33H20N4S. The van der Waals surface area contributed by atoms with Crippen molar-refractivity contribution in [3.63, 3.8) is 0 Å². The molecule has 178 valence electrons. The lowest BCUT2D eigenvalue weighted by Gasteiger charge is -2.09. The second-order valence-corrected chi connectivity index (χ2v) is 10.4. The van der Waals surface area contributed by atoms with Gasteiger partial charge in [-0.15, -0.1) is 11.3 Å². The van der Waals surface area contributed by atoms with E-state index in [1.165, 1.54) is 20.2 Å². The molecule has 38 heavy (non-hydrogen) atoms. The molecule has 0 aliphatic heterocycles. The summed E-state index contributed by atoms with van der Waals surface area (Å²) in [7, 11) is 0. The van der Waals surface area contributed by atoms with Crippen LogP contribution in [0, 0.1) is 0 Å². The van der Waals surface area contributed by atoms with Crippen molar-refractivity contribution in [3.05, 3.63) is 122 Å². The van der Waals surface area contributed by atoms with Gasteiger partial charge in [-0.25, -0.2) is 9.97 Å². The standard InChI is InChI=1S/C33H20N4S/c1-3-9-21(10-4-1)23-17-28-32(35-20-23)26-18-25-24-13-7-8-14-29(24)38-30(25)19-27(26)37(28)31-15-16-34-33(36-31)22-11-5-2-6-12-22/h1-20H. The second kappa shape index (κ2) is 8.33. The van der Waals surface area contributed by atoms with E-state index in [1.807, 2.05) is 66.2 Å². The van der Waals surface area contributed by atoms with Crippen LogP contribution in [0.25, 0.3) is 70.4 Å². The first kappa shape index (κ1) is 21.2. The summed E-state index contributed by atoms with van der Waals surface area (Å²) in [4.78, 5) is 14.6. The summed E-state index contributed by atoms with van der Waals surface area (Å²) in [5.74, 6) is 1.53. The minimum absolute atomic E-state index is 0.702. The number of thiophene rings is 1. The molecular weight excluding hydrogens is 484 g/mol. The van der Waals surface area contributed by atoms with Crippen LogP contribution in [-0.2, 0) is 0 Å². The fourth-order valence-electron chi connectivity index (χ4n) is 5.33. The van der Waals surface area contributed by atoms with Crippen LogP contribution < -0.4 is 0 Å². The van der Waals surface area contributed by atoms with E-state index in [-0.39, 0.29) is 0 Å². The molecule has 0 saturated heterocycles. The molecule has 8 rings (SSSR count). The van der Waals surface area contributed by atoms with E-state index < -0.39 is 0 Å². The molecule has 0 atom stereocenters. The zero-order valence-electron chi connectivity index (χ0n) is 20.2. The van der Waals surface area contributed by atoms with Gasteiger partial charge in [0.25, 0.3) is 0 Å². The Morgan fingerprint density at radius 2 is 1.32 bits per heavy atom. The minimum atomic E-state index is 0.702. The molecule has 0 spiro atoms. The number of hydrogen-bond donors (Lipinski definition) is 0. The zero-order chi connectivity index (χ0) is 25.1. The third kappa shape index (κ3) is 3.26. The number of rotatable bonds is 3. The lowest BCUT2D eigenvalue weighted by Crippen LogP contribution is -2.00. The summed E-state index contributed by atoms with van der Waals surface area (Å²) in [5.41, 5.74) is 6.29. The molecule has 4 heterocycles. The first-order valence-corrected chi connectivity index (χ1v) is 13.3. The Balaban J connectivity index is 1.47. The quantitative estimate of drug-likeness (QED) is 0.242. The van der Waals surface area contributed by atoms with E-state index >= 15 is 0 Å². The predicted octanol–water partition coefficient (Wildman–Crippen LogP) is 8.67. The maximum atomic E-state index is 5.04. The topological polar surface area (TPSA) is 43.6 Å². The fraction of sp³-hybridized carbons (Fsp3) is 0. The highest BCUT2D eigenvalue weighted by molar-refractivity contribution is 7.25. The van der Waals surface area contributed by atoms with Crippen molar-refractivity contribution in [2.75, 3.05) is 0 Å². The van der Waals surface area contributed by atoms with Gasteiger partial charge >= 0.3 is 0 Å². The van der Waals surface area contributed by atoms with Gasteiger partial charge in [0.2, 0.25) is 0 Å². The van der Waals surface area contributed by atoms with Gasteiger partial charge in [-0.05, 0) is 35.9 Å². The predicted molar refractivity (Wildman–Crippen MR) is 158 cm³/mol. The molecule has 0 unspecified atom stereocenters. The molecule has 4 aromatic heterocycles. The smallest absolute Gasteiger partial charge is 0.161 e. The Kier molecular flexibility index (Phi) is 4.66. The lowest BCUT2D eigenvalue weighted by atomic mass is 10.1. The van der Waals surface area contributed by atoms with E-state index in [0.29, 0.717) is 5.82 Å². The van der Waals surface area contributed by atoms with Crippen molar-refractivity contribution in [3.8, 4) is 28.3 Å². The van der Waals surface area contributed by atoms with Crippen LogP contribution in [0.4, 0.5) is 0 Å². The summed E-state index contributed by atoms with van der Waals surface area (Å²) in [6, 6.07) is 37.9. The monoisotopic (exact) mass is 504 g/mol. The zero-order valence-corrected chi connectivity index (χ0v) is 21.1. The van der Waals surface area contributed by atoms with Gasteiger partial charge in [0, 0.05) is 49.1 Å². The maximum absolute atomic E-state index is 5.04. The van der Waals surface area contributed by atoms with E-state index in [9.17, 15) is 0 Å². The maximum Gasteiger partial charge on any atom is 0.161 e. The van der Waals surface area contributed by atoms with Crippen LogP contribution in [0.3, 0.4) is 0 Å². The minimum Gasteiger partial charge on any atom is -0.292 e. The molecule has 0 amide bonds. The van der Waals surface area contributed by atoms with E-state index in [1.54, 1.807) is 0 Å². The summed E-state index contributed by atoms with van der Waals surface area (Å²) in [5, 5.41) is 3.67. The van der Waals surface area contributed by atoms with Gasteiger partial charge in [0.05, 0.1) is 16.6 Å². The van der Waals surface area contributed by atoms with Crippen molar-refractivity contribution < 1.29 is 0 Å². The number of pyridine rings is 1. The average molecular weight is 505 g/mol. The van der Waals surface area contributed by atoms with Crippen molar-refractivity contribution in [1.29, 1.82) is 0 Å². The Hall–Kier alpha value is -4.87. The van der Waals surface area contributed by atoms with Crippen LogP contribution in [0.5, 0.6) is 0 Å². The number of fused-ring (bicyclic) bond motifs is 6. The highest BCUT2D eigenvalue weighted by atomic mass is 32.1. The summed E-state index contributed by atoms with van der Waals surface area (Å²) < 4.78 is 4.78. The Labute approximate surface area is 222 Å². The van der Waals surface area contributed by atoms with Gasteiger partial charge in [0.1, 0.15) is 5.82 Å². The highest BCUT2D eigenvalue weighted by Gasteiger charge is 2.18. The molecule has 0 aliphatic carbocycles. The Morgan fingerprint density at radius 3 is 2.16 bits per heavy atom. The second-order valence-electron chi connectivity index (χ2n) is 9.36. The van der Waals surface area contributed by atoms with Gasteiger partial charge < -0.3 is 0 Å². The lowest BCUT2D eigenvalue weighted by molar-refractivity contribution is 1.04. The molecule has 0 N–H and O–H groups in total. The molecule has 5 heteroatoms. The van der Waals surface area contributed by atoms with Gasteiger partial charge in [-0.2, -0.15) is 0 Å². The fourth-order valence-corrected chi connectivity index (χ4v) is 6.45. The number of benzene rings is 4. The van der Waals surface area contributed by atoms with Crippen molar-refractivity contribution in [1.82, 2.24) is 19.5 Å². The molecule has 4 nitrogen and oxygen atoms in total. The normalized spacial score (nSPS) is 11.7. The number of aromatic nitrogens is 4. The van der Waals surface area contributed by atoms with E-state index in [0.717, 1.165) is 44.4 Å². The highest BCUT2D eigenvalue weighted by Crippen LogP contribution is 2.40. The molecule has 0 bridgehead atoms. The SMILES string of the molecule is c1ccc(-c2cnc3c4cc5c(cc4n(-c4ccnc(-c6ccccc6)n4)c3c2)sc2ccccc25)cc1. The first-order chi connectivity index (χ1) is 18.8. The van der Waals surface area contributed by atoms with Crippen molar-refractivity contribution >= 4 is 53.4 Å². The number of hydrogen-bond acceptors (Lipinski definition) is 4. The molecule has 8 aromatic rings. The first-order valence-electron chi connectivity index (χ1n) is 12.5. The average Bonchev–Trinajstić information content (AvgIpc) is 3.51. The van der Waals surface area contributed by atoms with Crippen LogP contribution in [0.2, 0.25) is 0 Å². The molecule has 0 fully saturated rings. The third-order valence-corrected chi connectivity index (χ3v) is 8.24. The Morgan fingerprint density at radius 1 is 0.553 bits per heavy atom. The van der Waals surface area contributed by atoms with Crippen molar-refractivity contribution in [2.24, 2.45) is 0 Å². The molecule has 0 aliphatic rings. The van der Waals surface area contributed by atoms with Crippen LogP contribution >= 0.6 is 11.3 Å². The number of nitrogens with zero attached hydrogens (tertiary/aromatic N) is 4. The summed E-state index contributed by atoms with van der Waals surface area (Å²) in [6.07, 6.45) is 3.82. The Bertz CT molecular complexity index is 2130. The van der Waals surface area contributed by atoms with Crippen LogP contribution in [0.15, 0.2) is 122 Å². The third-order valence-electron chi connectivity index (χ3n) is 7.11. The largest absolute Gasteiger partial charge is 0.292 e. The summed E-state index contributed by atoms with van der Waals surface area (Å²) >= 11 is 1.82. The van der Waals surface area contributed by atoms with E-state index in [4.69, 9.17) is 9.97 Å². The van der Waals surface area contributed by atoms with E-state index in [2.05, 4.69) is 76.3 Å². The molecule has 4 aromatic carbocycles. The molecule has 0 saturated carbocycles. The van der Waals surface area contributed by atoms with Gasteiger partial charge in [0.15, 0.2) is 5.82 Å². The molecule has 0 radical (unpaired) electrons.